The number of imidazole rings is 1. The second kappa shape index (κ2) is 7.69. The summed E-state index contributed by atoms with van der Waals surface area (Å²) >= 11 is 0. The third-order valence-electron chi connectivity index (χ3n) is 6.30. The number of para-hydroxylation sites is 3. The third kappa shape index (κ3) is 3.42. The van der Waals surface area contributed by atoms with Crippen molar-refractivity contribution < 1.29 is 4.79 Å². The van der Waals surface area contributed by atoms with Crippen LogP contribution in [0.15, 0.2) is 59.4 Å². The number of aromatic nitrogens is 3. The molecule has 0 radical (unpaired) electrons. The van der Waals surface area contributed by atoms with Crippen molar-refractivity contribution in [2.45, 2.75) is 38.6 Å². The normalized spacial score (nSPS) is 15.3. The number of hydrogen-bond donors (Lipinski definition) is 1. The highest BCUT2D eigenvalue weighted by atomic mass is 16.2. The molecule has 6 heteroatoms. The minimum absolute atomic E-state index is 0.0465. The molecule has 1 saturated heterocycles. The van der Waals surface area contributed by atoms with Gasteiger partial charge in [-0.1, -0.05) is 44.2 Å². The van der Waals surface area contributed by atoms with Gasteiger partial charge in [0.1, 0.15) is 0 Å². The summed E-state index contributed by atoms with van der Waals surface area (Å²) < 4.78 is 1.86. The van der Waals surface area contributed by atoms with Crippen molar-refractivity contribution in [3.05, 3.63) is 76.3 Å². The molecular formula is C25H26N4O2. The molecule has 0 spiro atoms. The van der Waals surface area contributed by atoms with Crippen LogP contribution < -0.4 is 5.69 Å². The number of pyridine rings is 1. The maximum Gasteiger partial charge on any atom is 0.326 e. The van der Waals surface area contributed by atoms with Crippen LogP contribution in [0, 0.1) is 0 Å². The number of rotatable bonds is 3. The van der Waals surface area contributed by atoms with E-state index in [4.69, 9.17) is 4.98 Å². The zero-order valence-electron chi connectivity index (χ0n) is 17.8. The van der Waals surface area contributed by atoms with E-state index in [0.29, 0.717) is 13.1 Å². The Labute approximate surface area is 180 Å². The van der Waals surface area contributed by atoms with E-state index < -0.39 is 0 Å². The number of H-pyrrole nitrogens is 1. The lowest BCUT2D eigenvalue weighted by Gasteiger charge is -2.33. The second-order valence-corrected chi connectivity index (χ2v) is 8.61. The van der Waals surface area contributed by atoms with Crippen molar-refractivity contribution in [3.63, 3.8) is 0 Å². The first kappa shape index (κ1) is 19.5. The Balaban J connectivity index is 1.42. The zero-order chi connectivity index (χ0) is 21.5. The van der Waals surface area contributed by atoms with Crippen molar-refractivity contribution >= 4 is 27.8 Å². The summed E-state index contributed by atoms with van der Waals surface area (Å²) in [4.78, 5) is 35.6. The molecule has 1 aliphatic rings. The summed E-state index contributed by atoms with van der Waals surface area (Å²) in [6.45, 7) is 5.44. The van der Waals surface area contributed by atoms with Crippen LogP contribution in [0.4, 0.5) is 0 Å². The lowest BCUT2D eigenvalue weighted by atomic mass is 9.99. The number of nitrogens with one attached hydrogen (secondary N) is 1. The molecule has 0 bridgehead atoms. The van der Waals surface area contributed by atoms with Gasteiger partial charge in [-0.15, -0.1) is 0 Å². The fourth-order valence-corrected chi connectivity index (χ4v) is 4.60. The van der Waals surface area contributed by atoms with E-state index in [1.54, 1.807) is 0 Å². The van der Waals surface area contributed by atoms with Crippen LogP contribution in [-0.4, -0.2) is 38.4 Å². The number of carbonyl (C=O) groups is 1. The molecular weight excluding hydrogens is 388 g/mol. The largest absolute Gasteiger partial charge is 0.338 e. The number of nitrogens with zero attached hydrogens (tertiary/aromatic N) is 3. The highest BCUT2D eigenvalue weighted by molar-refractivity contribution is 6.06. The molecule has 4 aromatic rings. The summed E-state index contributed by atoms with van der Waals surface area (Å²) in [5.74, 6) is 0.292. The molecule has 1 amide bonds. The van der Waals surface area contributed by atoms with Gasteiger partial charge in [-0.2, -0.15) is 0 Å². The molecule has 1 N–H and O–H groups in total. The lowest BCUT2D eigenvalue weighted by molar-refractivity contribution is 0.0697. The Morgan fingerprint density at radius 1 is 1.06 bits per heavy atom. The Hall–Kier alpha value is -3.41. The maximum atomic E-state index is 13.5. The summed E-state index contributed by atoms with van der Waals surface area (Å²) in [6, 6.07) is 17.7. The Kier molecular flexibility index (Phi) is 4.85. The summed E-state index contributed by atoms with van der Waals surface area (Å²) in [6.07, 6.45) is 1.51. The van der Waals surface area contributed by atoms with Crippen LogP contribution in [0.1, 0.15) is 54.7 Å². The molecule has 158 valence electrons. The highest BCUT2D eigenvalue weighted by Gasteiger charge is 2.28. The van der Waals surface area contributed by atoms with E-state index in [1.165, 1.54) is 0 Å². The average Bonchev–Trinajstić information content (AvgIpc) is 3.13. The van der Waals surface area contributed by atoms with E-state index in [0.717, 1.165) is 46.0 Å². The van der Waals surface area contributed by atoms with Gasteiger partial charge in [0.05, 0.1) is 22.1 Å². The van der Waals surface area contributed by atoms with Gasteiger partial charge in [0.2, 0.25) is 0 Å². The topological polar surface area (TPSA) is 71.0 Å². The number of hydrogen-bond acceptors (Lipinski definition) is 3. The van der Waals surface area contributed by atoms with Gasteiger partial charge < -0.3 is 9.88 Å². The first-order valence-corrected chi connectivity index (χ1v) is 10.9. The van der Waals surface area contributed by atoms with Gasteiger partial charge >= 0.3 is 5.69 Å². The highest BCUT2D eigenvalue weighted by Crippen LogP contribution is 2.28. The Morgan fingerprint density at radius 2 is 1.77 bits per heavy atom. The molecule has 2 aromatic heterocycles. The van der Waals surface area contributed by atoms with Crippen LogP contribution in [0.3, 0.4) is 0 Å². The number of piperidine rings is 1. The SMILES string of the molecule is CC(C)c1cc(C(=O)N2CCC(n3c(=O)[nH]c4ccccc43)CC2)c2ccccc2n1. The minimum atomic E-state index is -0.0762. The summed E-state index contributed by atoms with van der Waals surface area (Å²) in [5.41, 5.74) is 4.22. The monoisotopic (exact) mass is 414 g/mol. The Morgan fingerprint density at radius 3 is 2.55 bits per heavy atom. The van der Waals surface area contributed by atoms with Crippen molar-refractivity contribution in [1.29, 1.82) is 0 Å². The number of amides is 1. The molecule has 31 heavy (non-hydrogen) atoms. The summed E-state index contributed by atoms with van der Waals surface area (Å²) in [7, 11) is 0. The van der Waals surface area contributed by atoms with Crippen LogP contribution in [0.2, 0.25) is 0 Å². The maximum absolute atomic E-state index is 13.5. The van der Waals surface area contributed by atoms with E-state index in [2.05, 4.69) is 18.8 Å². The van der Waals surface area contributed by atoms with E-state index in [-0.39, 0.29) is 23.6 Å². The third-order valence-corrected chi connectivity index (χ3v) is 6.30. The zero-order valence-corrected chi connectivity index (χ0v) is 17.8. The average molecular weight is 415 g/mol. The van der Waals surface area contributed by atoms with Crippen LogP contribution >= 0.6 is 0 Å². The fraction of sp³-hybridized carbons (Fsp3) is 0.320. The van der Waals surface area contributed by atoms with Crippen molar-refractivity contribution in [1.82, 2.24) is 19.4 Å². The number of benzene rings is 2. The molecule has 0 saturated carbocycles. The standard InChI is InChI=1S/C25H26N4O2/c1-16(2)22-15-19(18-7-3-4-8-20(18)26-22)24(30)28-13-11-17(12-14-28)29-23-10-6-5-9-21(23)27-25(29)31/h3-10,15-17H,11-14H2,1-2H3,(H,27,31). The van der Waals surface area contributed by atoms with E-state index in [9.17, 15) is 9.59 Å². The van der Waals surface area contributed by atoms with Gasteiger partial charge in [0.15, 0.2) is 0 Å². The molecule has 0 unspecified atom stereocenters. The van der Waals surface area contributed by atoms with Crippen molar-refractivity contribution in [3.8, 4) is 0 Å². The number of aromatic amines is 1. The van der Waals surface area contributed by atoms with E-state index in [1.807, 2.05) is 64.1 Å². The molecule has 1 aliphatic heterocycles. The van der Waals surface area contributed by atoms with Gasteiger partial charge in [-0.3, -0.25) is 14.3 Å². The number of fused-ring (bicyclic) bond motifs is 2. The Bertz CT molecular complexity index is 1330. The molecule has 6 nitrogen and oxygen atoms in total. The van der Waals surface area contributed by atoms with Gasteiger partial charge in [0, 0.05) is 30.2 Å². The van der Waals surface area contributed by atoms with Crippen LogP contribution in [0.5, 0.6) is 0 Å². The lowest BCUT2D eigenvalue weighted by Crippen LogP contribution is -2.40. The van der Waals surface area contributed by atoms with E-state index >= 15 is 0 Å². The fourth-order valence-electron chi connectivity index (χ4n) is 4.60. The molecule has 2 aromatic carbocycles. The number of carbonyl (C=O) groups excluding carboxylic acids is 1. The van der Waals surface area contributed by atoms with Crippen molar-refractivity contribution in [2.75, 3.05) is 13.1 Å². The molecule has 5 rings (SSSR count). The summed E-state index contributed by atoms with van der Waals surface area (Å²) in [5, 5.41) is 0.895. The van der Waals surface area contributed by atoms with Crippen LogP contribution in [0.25, 0.3) is 21.9 Å². The second-order valence-electron chi connectivity index (χ2n) is 8.61. The molecule has 1 fully saturated rings. The molecule has 0 aliphatic carbocycles. The van der Waals surface area contributed by atoms with Crippen molar-refractivity contribution in [2.24, 2.45) is 0 Å². The predicted octanol–water partition coefficient (Wildman–Crippen LogP) is 4.48. The quantitative estimate of drug-likeness (QED) is 0.537. The first-order valence-electron chi connectivity index (χ1n) is 10.9. The molecule has 3 heterocycles. The predicted molar refractivity (Wildman–Crippen MR) is 123 cm³/mol. The van der Waals surface area contributed by atoms with Gasteiger partial charge in [-0.05, 0) is 43.0 Å². The van der Waals surface area contributed by atoms with Gasteiger partial charge in [0.25, 0.3) is 5.91 Å². The minimum Gasteiger partial charge on any atom is -0.338 e. The van der Waals surface area contributed by atoms with Gasteiger partial charge in [-0.25, -0.2) is 4.79 Å². The number of likely N-dealkylation sites (tertiary alicyclic amines) is 1. The molecule has 0 atom stereocenters. The van der Waals surface area contributed by atoms with Crippen LogP contribution in [-0.2, 0) is 0 Å². The smallest absolute Gasteiger partial charge is 0.326 e. The first-order chi connectivity index (χ1) is 15.0.